The van der Waals surface area contributed by atoms with Crippen LogP contribution in [0.2, 0.25) is 0 Å². The van der Waals surface area contributed by atoms with Crippen molar-refractivity contribution in [2.24, 2.45) is 5.92 Å². The van der Waals surface area contributed by atoms with Crippen LogP contribution in [0.5, 0.6) is 0 Å². The molecule has 2 aliphatic rings. The Morgan fingerprint density at radius 3 is 1.59 bits per heavy atom. The molecule has 0 saturated carbocycles. The normalized spacial score (nSPS) is 24.9. The van der Waals surface area contributed by atoms with Gasteiger partial charge in [-0.05, 0) is 68.2 Å². The van der Waals surface area contributed by atoms with E-state index in [2.05, 4.69) is 41.2 Å². The molecule has 2 rings (SSSR count). The van der Waals surface area contributed by atoms with Crippen molar-refractivity contribution in [3.8, 4) is 0 Å². The smallest absolute Gasteiger partial charge is 0.306 e. The lowest BCUT2D eigenvalue weighted by Crippen LogP contribution is -2.60. The Kier molecular flexibility index (Phi) is 10.7. The van der Waals surface area contributed by atoms with Gasteiger partial charge >= 0.3 is 5.97 Å². The van der Waals surface area contributed by atoms with E-state index in [4.69, 9.17) is 9.47 Å². The summed E-state index contributed by atoms with van der Waals surface area (Å²) in [5.74, 6) is 1.03. The van der Waals surface area contributed by atoms with Crippen molar-refractivity contribution in [3.05, 3.63) is 12.3 Å². The van der Waals surface area contributed by atoms with Crippen molar-refractivity contribution in [1.29, 1.82) is 0 Å². The van der Waals surface area contributed by atoms with Crippen molar-refractivity contribution in [1.82, 2.24) is 10.1 Å². The fraction of sp³-hybridized carbons (Fsp3) is 0.900. The second-order valence-electron chi connectivity index (χ2n) is 14.2. The molecule has 7 nitrogen and oxygen atoms in total. The van der Waals surface area contributed by atoms with Crippen molar-refractivity contribution in [3.63, 3.8) is 0 Å². The van der Waals surface area contributed by atoms with E-state index in [1.54, 1.807) is 0 Å². The fourth-order valence-corrected chi connectivity index (χ4v) is 6.51. The molecule has 7 heteroatoms. The monoisotopic (exact) mass is 524 g/mol. The Labute approximate surface area is 226 Å². The summed E-state index contributed by atoms with van der Waals surface area (Å²) in [6, 6.07) is 0. The SMILES string of the molecule is C=C(OC1CC(C)(C)N(O)C(C)(C)C1)C(C)CCCCCCCC(=O)OC1CC(C)(C)N(O)C(C)(C)C1. The van der Waals surface area contributed by atoms with E-state index in [1.807, 2.05) is 27.7 Å². The molecule has 216 valence electrons. The molecule has 0 radical (unpaired) electrons. The van der Waals surface area contributed by atoms with Crippen LogP contribution in [0, 0.1) is 5.92 Å². The number of hydrogen-bond donors (Lipinski definition) is 2. The second-order valence-corrected chi connectivity index (χ2v) is 14.2. The van der Waals surface area contributed by atoms with Crippen LogP contribution in [0.25, 0.3) is 0 Å². The summed E-state index contributed by atoms with van der Waals surface area (Å²) in [5, 5.41) is 23.8. The third kappa shape index (κ3) is 8.94. The van der Waals surface area contributed by atoms with Crippen LogP contribution < -0.4 is 0 Å². The molecule has 1 atom stereocenters. The van der Waals surface area contributed by atoms with Crippen LogP contribution in [0.3, 0.4) is 0 Å². The fourth-order valence-electron chi connectivity index (χ4n) is 6.51. The molecule has 0 aromatic heterocycles. The van der Waals surface area contributed by atoms with Gasteiger partial charge in [-0.1, -0.05) is 39.2 Å². The molecule has 0 spiro atoms. The number of carbonyl (C=O) groups excluding carboxylic acids is 1. The lowest BCUT2D eigenvalue weighted by molar-refractivity contribution is -0.259. The van der Waals surface area contributed by atoms with Gasteiger partial charge in [0, 0.05) is 60.2 Å². The number of ether oxygens (including phenoxy) is 2. The number of carbonyl (C=O) groups is 1. The topological polar surface area (TPSA) is 82.5 Å². The largest absolute Gasteiger partial charge is 0.495 e. The summed E-state index contributed by atoms with van der Waals surface area (Å²) in [4.78, 5) is 12.4. The van der Waals surface area contributed by atoms with Gasteiger partial charge in [-0.2, -0.15) is 10.1 Å². The van der Waals surface area contributed by atoms with E-state index in [-0.39, 0.29) is 29.3 Å². The average molecular weight is 525 g/mol. The Balaban J connectivity index is 1.60. The average Bonchev–Trinajstić information content (AvgIpc) is 2.74. The highest BCUT2D eigenvalue weighted by atomic mass is 16.5. The third-order valence-electron chi connectivity index (χ3n) is 8.39. The Bertz CT molecular complexity index is 740. The van der Waals surface area contributed by atoms with Gasteiger partial charge in [0.05, 0.1) is 5.76 Å². The Morgan fingerprint density at radius 2 is 1.14 bits per heavy atom. The van der Waals surface area contributed by atoms with Gasteiger partial charge in [-0.3, -0.25) is 4.79 Å². The molecule has 0 bridgehead atoms. The first-order valence-corrected chi connectivity index (χ1v) is 14.4. The Morgan fingerprint density at radius 1 is 0.757 bits per heavy atom. The molecule has 2 N–H and O–H groups in total. The zero-order valence-electron chi connectivity index (χ0n) is 25.2. The van der Waals surface area contributed by atoms with Crippen LogP contribution in [0.4, 0.5) is 0 Å². The number of piperidine rings is 2. The van der Waals surface area contributed by atoms with E-state index in [0.29, 0.717) is 25.2 Å². The molecular formula is C30H56N2O5. The summed E-state index contributed by atoms with van der Waals surface area (Å²) >= 11 is 0. The van der Waals surface area contributed by atoms with Gasteiger partial charge in [0.1, 0.15) is 12.2 Å². The van der Waals surface area contributed by atoms with E-state index in [0.717, 1.165) is 57.1 Å². The summed E-state index contributed by atoms with van der Waals surface area (Å²) in [6.07, 6.45) is 9.48. The van der Waals surface area contributed by atoms with Crippen LogP contribution in [0.1, 0.15) is 133 Å². The predicted octanol–water partition coefficient (Wildman–Crippen LogP) is 7.25. The second kappa shape index (κ2) is 12.4. The van der Waals surface area contributed by atoms with Crippen LogP contribution in [-0.4, -0.2) is 60.9 Å². The van der Waals surface area contributed by atoms with Gasteiger partial charge in [-0.15, -0.1) is 0 Å². The van der Waals surface area contributed by atoms with Gasteiger partial charge in [0.2, 0.25) is 0 Å². The summed E-state index contributed by atoms with van der Waals surface area (Å²) in [6.45, 7) is 22.5. The molecule has 0 amide bonds. The molecule has 1 unspecified atom stereocenters. The molecule has 0 aliphatic carbocycles. The highest BCUT2D eigenvalue weighted by Gasteiger charge is 2.47. The maximum Gasteiger partial charge on any atom is 0.306 e. The van der Waals surface area contributed by atoms with E-state index in [1.165, 1.54) is 10.1 Å². The number of esters is 1. The molecule has 2 fully saturated rings. The molecule has 2 saturated heterocycles. The predicted molar refractivity (Wildman–Crippen MR) is 147 cm³/mol. The number of hydroxylamine groups is 4. The molecule has 37 heavy (non-hydrogen) atoms. The van der Waals surface area contributed by atoms with Crippen LogP contribution in [0.15, 0.2) is 12.3 Å². The standard InChI is InChI=1S/C30H56N2O5/c1-22(23(2)36-24-18-27(3,4)31(34)28(5,6)19-24)16-14-12-11-13-15-17-26(33)37-25-20-29(7,8)32(35)30(9,10)21-25/h22,24-25,34-35H,2,11-21H2,1,3-10H3. The minimum atomic E-state index is -0.412. The maximum absolute atomic E-state index is 12.4. The van der Waals surface area contributed by atoms with Crippen molar-refractivity contribution in [2.75, 3.05) is 0 Å². The summed E-state index contributed by atoms with van der Waals surface area (Å²) in [5.41, 5.74) is -1.48. The third-order valence-corrected chi connectivity index (χ3v) is 8.39. The molecule has 0 aromatic rings. The number of unbranched alkanes of at least 4 members (excludes halogenated alkanes) is 4. The molecule has 2 aliphatic heterocycles. The van der Waals surface area contributed by atoms with Crippen LogP contribution in [-0.2, 0) is 14.3 Å². The zero-order chi connectivity index (χ0) is 28.2. The first kappa shape index (κ1) is 32.1. The van der Waals surface area contributed by atoms with E-state index >= 15 is 0 Å². The lowest BCUT2D eigenvalue weighted by atomic mass is 9.80. The van der Waals surface area contributed by atoms with E-state index in [9.17, 15) is 15.2 Å². The van der Waals surface area contributed by atoms with E-state index < -0.39 is 11.1 Å². The molecule has 0 aromatic carbocycles. The summed E-state index contributed by atoms with van der Waals surface area (Å²) < 4.78 is 12.1. The molecular weight excluding hydrogens is 468 g/mol. The molecule has 2 heterocycles. The van der Waals surface area contributed by atoms with Crippen molar-refractivity contribution in [2.45, 2.75) is 167 Å². The van der Waals surface area contributed by atoms with Gasteiger partial charge in [0.25, 0.3) is 0 Å². The highest BCUT2D eigenvalue weighted by Crippen LogP contribution is 2.40. The first-order valence-electron chi connectivity index (χ1n) is 14.4. The Hall–Kier alpha value is -1.15. The van der Waals surface area contributed by atoms with Gasteiger partial charge < -0.3 is 19.9 Å². The maximum atomic E-state index is 12.4. The van der Waals surface area contributed by atoms with Gasteiger partial charge in [0.15, 0.2) is 0 Å². The minimum Gasteiger partial charge on any atom is -0.495 e. The zero-order valence-corrected chi connectivity index (χ0v) is 25.2. The van der Waals surface area contributed by atoms with Gasteiger partial charge in [-0.25, -0.2) is 0 Å². The quantitative estimate of drug-likeness (QED) is 0.158. The van der Waals surface area contributed by atoms with Crippen molar-refractivity contribution < 1.29 is 24.7 Å². The minimum absolute atomic E-state index is 0.0661. The van der Waals surface area contributed by atoms with Crippen molar-refractivity contribution >= 4 is 5.97 Å². The summed E-state index contributed by atoms with van der Waals surface area (Å²) in [7, 11) is 0. The number of allylic oxidation sites excluding steroid dienone is 1. The highest BCUT2D eigenvalue weighted by molar-refractivity contribution is 5.69. The number of hydrogen-bond acceptors (Lipinski definition) is 7. The number of nitrogens with zero attached hydrogens (tertiary/aromatic N) is 2. The lowest BCUT2D eigenvalue weighted by Gasteiger charge is -2.51. The first-order chi connectivity index (χ1) is 16.9. The number of rotatable bonds is 12. The van der Waals surface area contributed by atoms with Crippen LogP contribution >= 0.6 is 0 Å².